The molecule has 0 heterocycles. The topological polar surface area (TPSA) is 78.9 Å². The number of carbonyl (C=O) groups excluding carboxylic acids is 3. The Morgan fingerprint density at radius 1 is 0.267 bits per heavy atom. The Bertz CT molecular complexity index is 1390. The van der Waals surface area contributed by atoms with Crippen LogP contribution in [0.5, 0.6) is 0 Å². The molecule has 0 amide bonds. The molecule has 434 valence electrons. The van der Waals surface area contributed by atoms with Gasteiger partial charge in [0.15, 0.2) is 6.10 Å². The van der Waals surface area contributed by atoms with E-state index < -0.39 is 6.10 Å². The lowest BCUT2D eigenvalue weighted by molar-refractivity contribution is -0.167. The zero-order chi connectivity index (χ0) is 54.3. The van der Waals surface area contributed by atoms with Crippen LogP contribution < -0.4 is 0 Å². The molecule has 0 N–H and O–H groups in total. The molecule has 0 aliphatic carbocycles. The van der Waals surface area contributed by atoms with Gasteiger partial charge in [-0.05, 0) is 116 Å². The monoisotopic (exact) mass is 1050 g/mol. The average Bonchev–Trinajstić information content (AvgIpc) is 3.41. The van der Waals surface area contributed by atoms with Gasteiger partial charge in [-0.15, -0.1) is 0 Å². The minimum Gasteiger partial charge on any atom is -0.462 e. The maximum Gasteiger partial charge on any atom is 0.306 e. The van der Waals surface area contributed by atoms with Gasteiger partial charge < -0.3 is 14.2 Å². The van der Waals surface area contributed by atoms with E-state index in [2.05, 4.69) is 93.7 Å². The molecule has 0 aromatic heterocycles. The van der Waals surface area contributed by atoms with Crippen molar-refractivity contribution in [3.05, 3.63) is 72.9 Å². The van der Waals surface area contributed by atoms with E-state index >= 15 is 0 Å². The summed E-state index contributed by atoms with van der Waals surface area (Å²) in [6, 6.07) is 0. The number of allylic oxidation sites excluding steroid dienone is 12. The van der Waals surface area contributed by atoms with Crippen LogP contribution in [0.2, 0.25) is 0 Å². The summed E-state index contributed by atoms with van der Waals surface area (Å²) in [6.07, 6.45) is 81.9. The van der Waals surface area contributed by atoms with Crippen LogP contribution in [0.25, 0.3) is 0 Å². The van der Waals surface area contributed by atoms with Crippen LogP contribution in [-0.4, -0.2) is 37.2 Å². The molecule has 0 fully saturated rings. The van der Waals surface area contributed by atoms with Gasteiger partial charge in [0.1, 0.15) is 13.2 Å². The van der Waals surface area contributed by atoms with Gasteiger partial charge in [-0.2, -0.15) is 0 Å². The van der Waals surface area contributed by atoms with Crippen LogP contribution in [0.4, 0.5) is 0 Å². The highest BCUT2D eigenvalue weighted by Crippen LogP contribution is 2.16. The fraction of sp³-hybridized carbons (Fsp3) is 0.783. The molecule has 0 radical (unpaired) electrons. The van der Waals surface area contributed by atoms with Crippen molar-refractivity contribution in [2.75, 3.05) is 13.2 Å². The maximum absolute atomic E-state index is 12.9. The van der Waals surface area contributed by atoms with E-state index in [4.69, 9.17) is 14.2 Å². The van der Waals surface area contributed by atoms with Crippen molar-refractivity contribution in [1.82, 2.24) is 0 Å². The van der Waals surface area contributed by atoms with Crippen molar-refractivity contribution >= 4 is 17.9 Å². The Labute approximate surface area is 465 Å². The highest BCUT2D eigenvalue weighted by Gasteiger charge is 2.19. The second kappa shape index (κ2) is 63.4. The summed E-state index contributed by atoms with van der Waals surface area (Å²) in [4.78, 5) is 38.3. The molecule has 6 heteroatoms. The molecule has 0 saturated heterocycles. The van der Waals surface area contributed by atoms with Gasteiger partial charge in [-0.25, -0.2) is 0 Å². The van der Waals surface area contributed by atoms with Gasteiger partial charge in [0.2, 0.25) is 0 Å². The largest absolute Gasteiger partial charge is 0.462 e. The molecular formula is C69H122O6. The summed E-state index contributed by atoms with van der Waals surface area (Å²) in [5.74, 6) is -0.891. The molecule has 1 unspecified atom stereocenters. The number of esters is 3. The summed E-state index contributed by atoms with van der Waals surface area (Å²) < 4.78 is 16.9. The van der Waals surface area contributed by atoms with Crippen LogP contribution in [0, 0.1) is 0 Å². The molecule has 0 aliphatic heterocycles. The number of ether oxygens (including phenoxy) is 3. The molecule has 1 atom stereocenters. The predicted molar refractivity (Wildman–Crippen MR) is 325 cm³/mol. The minimum absolute atomic E-state index is 0.0821. The van der Waals surface area contributed by atoms with E-state index in [1.807, 2.05) is 0 Å². The van der Waals surface area contributed by atoms with E-state index in [0.29, 0.717) is 19.3 Å². The Kier molecular flexibility index (Phi) is 60.7. The van der Waals surface area contributed by atoms with Crippen LogP contribution in [0.3, 0.4) is 0 Å². The highest BCUT2D eigenvalue weighted by molar-refractivity contribution is 5.71. The van der Waals surface area contributed by atoms with E-state index in [1.165, 1.54) is 193 Å². The first kappa shape index (κ1) is 71.8. The van der Waals surface area contributed by atoms with Gasteiger partial charge in [0.05, 0.1) is 0 Å². The van der Waals surface area contributed by atoms with Crippen molar-refractivity contribution in [3.63, 3.8) is 0 Å². The fourth-order valence-corrected chi connectivity index (χ4v) is 9.24. The van der Waals surface area contributed by atoms with Gasteiger partial charge in [0, 0.05) is 19.3 Å². The summed E-state index contributed by atoms with van der Waals surface area (Å²) in [5, 5.41) is 0. The van der Waals surface area contributed by atoms with E-state index in [1.54, 1.807) is 0 Å². The highest BCUT2D eigenvalue weighted by atomic mass is 16.6. The van der Waals surface area contributed by atoms with Crippen LogP contribution in [0.1, 0.15) is 329 Å². The third-order valence-electron chi connectivity index (χ3n) is 14.2. The van der Waals surface area contributed by atoms with Crippen molar-refractivity contribution in [2.24, 2.45) is 0 Å². The van der Waals surface area contributed by atoms with Crippen molar-refractivity contribution in [2.45, 2.75) is 335 Å². The van der Waals surface area contributed by atoms with Crippen molar-refractivity contribution in [3.8, 4) is 0 Å². The Balaban J connectivity index is 4.32. The normalized spacial score (nSPS) is 12.5. The Hall–Kier alpha value is -3.15. The van der Waals surface area contributed by atoms with E-state index in [0.717, 1.165) is 96.3 Å². The molecule has 0 bridgehead atoms. The summed E-state index contributed by atoms with van der Waals surface area (Å²) >= 11 is 0. The summed E-state index contributed by atoms with van der Waals surface area (Å²) in [5.41, 5.74) is 0. The zero-order valence-electron chi connectivity index (χ0n) is 49.8. The van der Waals surface area contributed by atoms with Crippen LogP contribution in [-0.2, 0) is 28.6 Å². The first-order valence-corrected chi connectivity index (χ1v) is 32.4. The third kappa shape index (κ3) is 61.6. The Morgan fingerprint density at radius 3 is 0.760 bits per heavy atom. The van der Waals surface area contributed by atoms with E-state index in [-0.39, 0.29) is 31.1 Å². The quantitative estimate of drug-likeness (QED) is 0.0261. The number of hydrogen-bond acceptors (Lipinski definition) is 6. The van der Waals surface area contributed by atoms with E-state index in [9.17, 15) is 14.4 Å². The number of unbranched alkanes of at least 4 members (excludes halogenated alkanes) is 36. The summed E-state index contributed by atoms with van der Waals surface area (Å²) in [6.45, 7) is 6.60. The first-order valence-electron chi connectivity index (χ1n) is 32.4. The minimum atomic E-state index is -0.787. The lowest BCUT2D eigenvalue weighted by atomic mass is 10.0. The van der Waals surface area contributed by atoms with Gasteiger partial charge in [0.25, 0.3) is 0 Å². The zero-order valence-corrected chi connectivity index (χ0v) is 49.8. The maximum atomic E-state index is 12.9. The van der Waals surface area contributed by atoms with Gasteiger partial charge in [-0.1, -0.05) is 267 Å². The smallest absolute Gasteiger partial charge is 0.306 e. The molecule has 75 heavy (non-hydrogen) atoms. The predicted octanol–water partition coefficient (Wildman–Crippen LogP) is 22.1. The molecule has 0 aromatic carbocycles. The lowest BCUT2D eigenvalue weighted by Gasteiger charge is -2.18. The van der Waals surface area contributed by atoms with Crippen LogP contribution in [0.15, 0.2) is 72.9 Å². The number of hydrogen-bond donors (Lipinski definition) is 0. The molecular weight excluding hydrogens is 925 g/mol. The van der Waals surface area contributed by atoms with Crippen molar-refractivity contribution in [1.29, 1.82) is 0 Å². The third-order valence-corrected chi connectivity index (χ3v) is 14.2. The second-order valence-electron chi connectivity index (χ2n) is 21.7. The molecule has 0 saturated carbocycles. The first-order chi connectivity index (χ1) is 37.0. The molecule has 0 rings (SSSR count). The molecule has 0 spiro atoms. The van der Waals surface area contributed by atoms with Gasteiger partial charge >= 0.3 is 17.9 Å². The standard InChI is InChI=1S/C69H122O6/c1-4-7-10-13-16-19-22-25-28-30-31-32-33-34-35-36-37-39-41-44-47-50-53-56-59-62-68(71)74-65-66(64-73-67(70)61-58-55-52-49-46-43-40-27-24-21-18-15-12-9-6-3)75-69(72)63-60-57-54-51-48-45-42-38-29-26-23-20-17-14-11-8-5-2/h17-18,20-22,25-27,29-31,40,66H,4-16,19,23-24,28,32-39,41-65H2,1-3H3/b20-17-,21-18-,25-22-,29-26-,31-30-,40-27-. The fourth-order valence-electron chi connectivity index (χ4n) is 9.24. The molecule has 6 nitrogen and oxygen atoms in total. The van der Waals surface area contributed by atoms with Crippen molar-refractivity contribution < 1.29 is 28.6 Å². The van der Waals surface area contributed by atoms with Gasteiger partial charge in [-0.3, -0.25) is 14.4 Å². The summed E-state index contributed by atoms with van der Waals surface area (Å²) in [7, 11) is 0. The molecule has 0 aliphatic rings. The average molecular weight is 1050 g/mol. The second-order valence-corrected chi connectivity index (χ2v) is 21.7. The number of rotatable bonds is 59. The SMILES string of the molecule is CCCCC/C=C\C/C=C\CCCCCCCCCC(=O)OC(COC(=O)CCCCCCC/C=C\C/C=C\CCCCC)COC(=O)CCCCCCCCCCCCCCC/C=C\C/C=C\CCCCCCC. The van der Waals surface area contributed by atoms with Crippen LogP contribution >= 0.6 is 0 Å². The molecule has 0 aromatic rings. The number of carbonyl (C=O) groups is 3. The lowest BCUT2D eigenvalue weighted by Crippen LogP contribution is -2.30. The Morgan fingerprint density at radius 2 is 0.480 bits per heavy atom.